The Kier molecular flexibility index (Phi) is 5.22. The standard InChI is InChI=1S/C17H31NO4Si/c1-11(19)14-12(10-13(20)22-16(2,3)4)15(21)18(14)23(8,9)17(5,6)7/h12,14H,10H2,1-9H3/t12-,14-/m1/s1. The van der Waals surface area contributed by atoms with E-state index in [0.29, 0.717) is 0 Å². The number of Topliss-reactive ketones (excluding diaryl/α,β-unsaturated/α-hetero) is 1. The average molecular weight is 342 g/mol. The predicted octanol–water partition coefficient (Wildman–Crippen LogP) is 3.14. The molecule has 0 aromatic rings. The van der Waals surface area contributed by atoms with Crippen LogP contribution in [-0.4, -0.2) is 42.1 Å². The van der Waals surface area contributed by atoms with Crippen LogP contribution >= 0.6 is 0 Å². The number of ketones is 1. The minimum atomic E-state index is -2.14. The fourth-order valence-corrected chi connectivity index (χ4v) is 5.26. The summed E-state index contributed by atoms with van der Waals surface area (Å²) in [4.78, 5) is 36.8. The molecule has 1 heterocycles. The second kappa shape index (κ2) is 6.04. The summed E-state index contributed by atoms with van der Waals surface area (Å²) < 4.78 is 7.08. The molecule has 2 atom stereocenters. The van der Waals surface area contributed by atoms with E-state index >= 15 is 0 Å². The third kappa shape index (κ3) is 4.02. The van der Waals surface area contributed by atoms with Gasteiger partial charge in [-0.2, -0.15) is 0 Å². The Morgan fingerprint density at radius 3 is 1.96 bits per heavy atom. The van der Waals surface area contributed by atoms with Gasteiger partial charge in [-0.3, -0.25) is 14.4 Å². The van der Waals surface area contributed by atoms with E-state index in [1.54, 1.807) is 25.3 Å². The summed E-state index contributed by atoms with van der Waals surface area (Å²) in [5, 5.41) is -0.0484. The lowest BCUT2D eigenvalue weighted by Crippen LogP contribution is -2.74. The van der Waals surface area contributed by atoms with Gasteiger partial charge in [0.05, 0.1) is 18.4 Å². The number of hydrogen-bond acceptors (Lipinski definition) is 4. The first-order valence-electron chi connectivity index (χ1n) is 8.15. The van der Waals surface area contributed by atoms with Gasteiger partial charge in [0.1, 0.15) is 5.60 Å². The van der Waals surface area contributed by atoms with Gasteiger partial charge in [-0.15, -0.1) is 0 Å². The van der Waals surface area contributed by atoms with Crippen molar-refractivity contribution in [3.63, 3.8) is 0 Å². The number of carbonyl (C=O) groups excluding carboxylic acids is 3. The molecule has 23 heavy (non-hydrogen) atoms. The van der Waals surface area contributed by atoms with Crippen molar-refractivity contribution in [1.82, 2.24) is 4.57 Å². The van der Waals surface area contributed by atoms with Gasteiger partial charge >= 0.3 is 5.97 Å². The summed E-state index contributed by atoms with van der Waals surface area (Å²) in [7, 11) is -2.14. The van der Waals surface area contributed by atoms with Crippen molar-refractivity contribution in [2.75, 3.05) is 0 Å². The molecule has 1 fully saturated rings. The Morgan fingerprint density at radius 1 is 1.13 bits per heavy atom. The number of nitrogens with zero attached hydrogens (tertiary/aromatic N) is 1. The molecule has 6 heteroatoms. The number of esters is 1. The number of ether oxygens (including phenoxy) is 1. The molecule has 132 valence electrons. The molecule has 0 N–H and O–H groups in total. The number of carbonyl (C=O) groups is 3. The molecule has 0 bridgehead atoms. The summed E-state index contributed by atoms with van der Waals surface area (Å²) in [6.45, 7) is 17.4. The maximum atomic E-state index is 12.7. The molecule has 0 aromatic heterocycles. The van der Waals surface area contributed by atoms with Crippen molar-refractivity contribution in [3.05, 3.63) is 0 Å². The van der Waals surface area contributed by atoms with E-state index in [-0.39, 0.29) is 23.1 Å². The maximum Gasteiger partial charge on any atom is 0.307 e. The Bertz CT molecular complexity index is 514. The lowest BCUT2D eigenvalue weighted by Gasteiger charge is -2.57. The highest BCUT2D eigenvalue weighted by Crippen LogP contribution is 2.45. The zero-order valence-corrected chi connectivity index (χ0v) is 16.9. The molecule has 0 saturated carbocycles. The van der Waals surface area contributed by atoms with E-state index in [0.717, 1.165) is 0 Å². The van der Waals surface area contributed by atoms with Crippen LogP contribution in [0.25, 0.3) is 0 Å². The van der Waals surface area contributed by atoms with Gasteiger partial charge in [-0.05, 0) is 32.7 Å². The summed E-state index contributed by atoms with van der Waals surface area (Å²) in [6, 6.07) is -0.490. The van der Waals surface area contributed by atoms with E-state index in [2.05, 4.69) is 33.9 Å². The van der Waals surface area contributed by atoms with Crippen molar-refractivity contribution in [2.45, 2.75) is 84.7 Å². The van der Waals surface area contributed by atoms with Crippen molar-refractivity contribution in [1.29, 1.82) is 0 Å². The van der Waals surface area contributed by atoms with E-state index < -0.39 is 31.8 Å². The van der Waals surface area contributed by atoms with Gasteiger partial charge in [0.15, 0.2) is 14.0 Å². The third-order valence-electron chi connectivity index (χ3n) is 4.87. The van der Waals surface area contributed by atoms with Gasteiger partial charge in [-0.1, -0.05) is 33.9 Å². The van der Waals surface area contributed by atoms with Crippen LogP contribution in [0, 0.1) is 5.92 Å². The smallest absolute Gasteiger partial charge is 0.307 e. The van der Waals surface area contributed by atoms with Gasteiger partial charge < -0.3 is 9.30 Å². The van der Waals surface area contributed by atoms with Crippen molar-refractivity contribution in [2.24, 2.45) is 5.92 Å². The fraction of sp³-hybridized carbons (Fsp3) is 0.824. The van der Waals surface area contributed by atoms with Crippen LogP contribution in [0.2, 0.25) is 18.1 Å². The van der Waals surface area contributed by atoms with Crippen LogP contribution in [0.5, 0.6) is 0 Å². The average Bonchev–Trinajstić information content (AvgIpc) is 2.27. The first-order valence-corrected chi connectivity index (χ1v) is 11.1. The molecule has 1 saturated heterocycles. The summed E-state index contributed by atoms with van der Waals surface area (Å²) in [5.74, 6) is -1.13. The zero-order chi connectivity index (χ0) is 18.4. The second-order valence-electron chi connectivity index (χ2n) is 8.97. The van der Waals surface area contributed by atoms with Crippen LogP contribution < -0.4 is 0 Å². The number of β-lactam (4-membered cyclic amide) rings is 1. The molecular weight excluding hydrogens is 310 g/mol. The first-order chi connectivity index (χ1) is 10.1. The Morgan fingerprint density at radius 2 is 1.61 bits per heavy atom. The van der Waals surface area contributed by atoms with E-state index in [9.17, 15) is 14.4 Å². The maximum absolute atomic E-state index is 12.7. The summed E-state index contributed by atoms with van der Waals surface area (Å²) >= 11 is 0. The highest BCUT2D eigenvalue weighted by molar-refractivity contribution is 6.80. The molecule has 0 radical (unpaired) electrons. The quantitative estimate of drug-likeness (QED) is 0.448. The number of rotatable bonds is 4. The lowest BCUT2D eigenvalue weighted by molar-refractivity contribution is -0.165. The minimum Gasteiger partial charge on any atom is -0.460 e. The van der Waals surface area contributed by atoms with Gasteiger partial charge in [0.2, 0.25) is 5.91 Å². The van der Waals surface area contributed by atoms with Gasteiger partial charge in [0.25, 0.3) is 0 Å². The van der Waals surface area contributed by atoms with Crippen molar-refractivity contribution in [3.8, 4) is 0 Å². The van der Waals surface area contributed by atoms with E-state index in [4.69, 9.17) is 4.74 Å². The fourth-order valence-electron chi connectivity index (χ4n) is 2.76. The molecule has 0 spiro atoms. The number of amides is 1. The molecular formula is C17H31NO4Si. The molecule has 0 unspecified atom stereocenters. The minimum absolute atomic E-state index is 0.0223. The zero-order valence-electron chi connectivity index (χ0n) is 15.9. The Balaban J connectivity index is 2.97. The van der Waals surface area contributed by atoms with Crippen LogP contribution in [0.4, 0.5) is 0 Å². The Hall–Kier alpha value is -1.17. The molecule has 1 amide bonds. The molecule has 0 aromatic carbocycles. The normalized spacial score (nSPS) is 22.7. The van der Waals surface area contributed by atoms with Crippen LogP contribution in [-0.2, 0) is 19.1 Å². The van der Waals surface area contributed by atoms with Crippen LogP contribution in [0.3, 0.4) is 0 Å². The van der Waals surface area contributed by atoms with Gasteiger partial charge in [-0.25, -0.2) is 0 Å². The monoisotopic (exact) mass is 341 g/mol. The molecule has 0 aliphatic carbocycles. The molecule has 1 aliphatic heterocycles. The van der Waals surface area contributed by atoms with E-state index in [1.165, 1.54) is 6.92 Å². The Labute approximate surface area is 140 Å². The number of hydrogen-bond donors (Lipinski definition) is 0. The lowest BCUT2D eigenvalue weighted by atomic mass is 9.85. The van der Waals surface area contributed by atoms with E-state index in [1.807, 2.05) is 0 Å². The molecule has 1 rings (SSSR count). The third-order valence-corrected chi connectivity index (χ3v) is 10.2. The van der Waals surface area contributed by atoms with Crippen molar-refractivity contribution >= 4 is 25.9 Å². The van der Waals surface area contributed by atoms with Gasteiger partial charge in [0, 0.05) is 0 Å². The topological polar surface area (TPSA) is 63.7 Å². The highest BCUT2D eigenvalue weighted by atomic mass is 28.3. The van der Waals surface area contributed by atoms with Crippen molar-refractivity contribution < 1.29 is 19.1 Å². The van der Waals surface area contributed by atoms with Crippen LogP contribution in [0.15, 0.2) is 0 Å². The second-order valence-corrected chi connectivity index (χ2v) is 14.1. The predicted molar refractivity (Wildman–Crippen MR) is 92.5 cm³/mol. The van der Waals surface area contributed by atoms with Crippen LogP contribution in [0.1, 0.15) is 54.9 Å². The molecule has 1 aliphatic rings. The SMILES string of the molecule is CC(=O)[C@@H]1[C@@H](CC(=O)OC(C)(C)C)C(=O)N1[Si](C)(C)C(C)(C)C. The highest BCUT2D eigenvalue weighted by Gasteiger charge is 2.59. The summed E-state index contributed by atoms with van der Waals surface area (Å²) in [5.41, 5.74) is -0.589. The molecule has 5 nitrogen and oxygen atoms in total. The largest absolute Gasteiger partial charge is 0.460 e. The summed E-state index contributed by atoms with van der Waals surface area (Å²) in [6.07, 6.45) is -0.0223. The first kappa shape index (κ1) is 19.9.